The molecule has 1 aromatic rings. The Hall–Kier alpha value is -1.55. The highest BCUT2D eigenvalue weighted by atomic mass is 16.5. The Bertz CT molecular complexity index is 363. The summed E-state index contributed by atoms with van der Waals surface area (Å²) in [5.41, 5.74) is 6.62. The number of aromatic hydroxyl groups is 1. The number of benzene rings is 1. The van der Waals surface area contributed by atoms with Crippen molar-refractivity contribution >= 4 is 5.97 Å². The zero-order valence-electron chi connectivity index (χ0n) is 8.86. The summed E-state index contributed by atoms with van der Waals surface area (Å²) in [4.78, 5) is 10.7. The highest BCUT2D eigenvalue weighted by Crippen LogP contribution is 2.29. The summed E-state index contributed by atoms with van der Waals surface area (Å²) in [7, 11) is 0. The lowest BCUT2D eigenvalue weighted by molar-refractivity contribution is -0.132. The number of phenolic OH excluding ortho intramolecular Hbond substituents is 1. The Morgan fingerprint density at radius 2 is 2.27 bits per heavy atom. The van der Waals surface area contributed by atoms with Crippen molar-refractivity contribution < 1.29 is 14.6 Å². The summed E-state index contributed by atoms with van der Waals surface area (Å²) in [6.07, 6.45) is 0.784. The first-order valence-electron chi connectivity index (χ1n) is 4.81. The molecule has 0 aliphatic carbocycles. The van der Waals surface area contributed by atoms with Gasteiger partial charge in [-0.15, -0.1) is 0 Å². The number of rotatable bonds is 3. The molecule has 0 spiro atoms. The highest BCUT2D eigenvalue weighted by Gasteiger charge is 2.09. The Labute approximate surface area is 88.7 Å². The fourth-order valence-electron chi connectivity index (χ4n) is 1.24. The van der Waals surface area contributed by atoms with Crippen molar-refractivity contribution in [2.45, 2.75) is 26.3 Å². The van der Waals surface area contributed by atoms with E-state index < -0.39 is 5.97 Å². The van der Waals surface area contributed by atoms with Crippen molar-refractivity contribution in [3.8, 4) is 11.5 Å². The third-order valence-corrected chi connectivity index (χ3v) is 2.10. The molecule has 0 aliphatic heterocycles. The number of ether oxygens (including phenoxy) is 1. The average molecular weight is 209 g/mol. The zero-order valence-corrected chi connectivity index (χ0v) is 8.86. The maximum absolute atomic E-state index is 10.7. The van der Waals surface area contributed by atoms with Crippen LogP contribution in [0.5, 0.6) is 11.5 Å². The highest BCUT2D eigenvalue weighted by molar-refractivity contribution is 5.70. The van der Waals surface area contributed by atoms with Crippen LogP contribution in [0.2, 0.25) is 0 Å². The molecule has 0 aliphatic rings. The Kier molecular flexibility index (Phi) is 3.68. The van der Waals surface area contributed by atoms with Crippen LogP contribution in [0.25, 0.3) is 0 Å². The summed E-state index contributed by atoms with van der Waals surface area (Å²) < 4.78 is 4.78. The fraction of sp³-hybridized carbons (Fsp3) is 0.364. The Morgan fingerprint density at radius 1 is 1.60 bits per heavy atom. The van der Waals surface area contributed by atoms with Crippen molar-refractivity contribution in [1.82, 2.24) is 0 Å². The van der Waals surface area contributed by atoms with E-state index in [4.69, 9.17) is 10.5 Å². The molecule has 0 saturated carbocycles. The topological polar surface area (TPSA) is 72.5 Å². The second-order valence-corrected chi connectivity index (χ2v) is 3.34. The zero-order chi connectivity index (χ0) is 11.4. The van der Waals surface area contributed by atoms with Gasteiger partial charge in [0.1, 0.15) is 0 Å². The van der Waals surface area contributed by atoms with E-state index in [1.165, 1.54) is 13.0 Å². The lowest BCUT2D eigenvalue weighted by Gasteiger charge is -2.11. The molecule has 15 heavy (non-hydrogen) atoms. The van der Waals surface area contributed by atoms with Crippen LogP contribution in [-0.4, -0.2) is 11.1 Å². The number of hydrogen-bond acceptors (Lipinski definition) is 4. The fourth-order valence-corrected chi connectivity index (χ4v) is 1.24. The van der Waals surface area contributed by atoms with Gasteiger partial charge in [-0.25, -0.2) is 0 Å². The van der Waals surface area contributed by atoms with E-state index in [2.05, 4.69) is 0 Å². The molecule has 0 amide bonds. The molecule has 3 N–H and O–H groups in total. The molecule has 0 bridgehead atoms. The van der Waals surface area contributed by atoms with Gasteiger partial charge >= 0.3 is 5.97 Å². The smallest absolute Gasteiger partial charge is 0.308 e. The minimum atomic E-state index is -0.460. The largest absolute Gasteiger partial charge is 0.504 e. The summed E-state index contributed by atoms with van der Waals surface area (Å²) in [5.74, 6) is -0.362. The van der Waals surface area contributed by atoms with Crippen LogP contribution in [0.4, 0.5) is 0 Å². The van der Waals surface area contributed by atoms with Gasteiger partial charge in [0, 0.05) is 13.0 Å². The van der Waals surface area contributed by atoms with E-state index in [-0.39, 0.29) is 17.5 Å². The first kappa shape index (κ1) is 11.5. The maximum atomic E-state index is 10.7. The summed E-state index contributed by atoms with van der Waals surface area (Å²) >= 11 is 0. The van der Waals surface area contributed by atoms with Crippen molar-refractivity contribution in [2.75, 3.05) is 0 Å². The first-order chi connectivity index (χ1) is 7.04. The second kappa shape index (κ2) is 4.79. The molecular formula is C11H15NO3. The van der Waals surface area contributed by atoms with Crippen LogP contribution in [0.15, 0.2) is 18.2 Å². The van der Waals surface area contributed by atoms with E-state index in [1.54, 1.807) is 12.1 Å². The van der Waals surface area contributed by atoms with Crippen LogP contribution in [0.1, 0.15) is 31.9 Å². The predicted molar refractivity (Wildman–Crippen MR) is 56.6 cm³/mol. The minimum absolute atomic E-state index is 0.0633. The van der Waals surface area contributed by atoms with Gasteiger partial charge in [-0.3, -0.25) is 4.79 Å². The van der Waals surface area contributed by atoms with Crippen LogP contribution >= 0.6 is 0 Å². The summed E-state index contributed by atoms with van der Waals surface area (Å²) in [6, 6.07) is 4.70. The number of hydrogen-bond donors (Lipinski definition) is 2. The van der Waals surface area contributed by atoms with Crippen molar-refractivity contribution in [3.63, 3.8) is 0 Å². The standard InChI is InChI=1S/C11H15NO3/c1-3-9(12)8-4-5-11(10(14)6-8)15-7(2)13/h4-6,9,14H,3,12H2,1-2H3/t9-/m1/s1. The first-order valence-corrected chi connectivity index (χ1v) is 4.81. The molecule has 82 valence electrons. The van der Waals surface area contributed by atoms with Gasteiger partial charge in [-0.1, -0.05) is 13.0 Å². The van der Waals surface area contributed by atoms with Crippen molar-refractivity contribution in [2.24, 2.45) is 5.73 Å². The molecule has 0 unspecified atom stereocenters. The normalized spacial score (nSPS) is 12.2. The van der Waals surface area contributed by atoms with E-state index in [0.29, 0.717) is 0 Å². The SMILES string of the molecule is CC[C@@H](N)c1ccc(OC(C)=O)c(O)c1. The lowest BCUT2D eigenvalue weighted by atomic mass is 10.1. The number of carbonyl (C=O) groups is 1. The predicted octanol–water partition coefficient (Wildman–Crippen LogP) is 1.73. The van der Waals surface area contributed by atoms with E-state index in [1.807, 2.05) is 6.92 Å². The number of esters is 1. The van der Waals surface area contributed by atoms with Gasteiger partial charge in [-0.2, -0.15) is 0 Å². The minimum Gasteiger partial charge on any atom is -0.504 e. The van der Waals surface area contributed by atoms with Crippen LogP contribution in [0, 0.1) is 0 Å². The molecule has 0 aromatic heterocycles. The number of phenols is 1. The lowest BCUT2D eigenvalue weighted by Crippen LogP contribution is -2.08. The van der Waals surface area contributed by atoms with Gasteiger partial charge < -0.3 is 15.6 Å². The van der Waals surface area contributed by atoms with E-state index in [9.17, 15) is 9.90 Å². The van der Waals surface area contributed by atoms with E-state index in [0.717, 1.165) is 12.0 Å². The third-order valence-electron chi connectivity index (χ3n) is 2.10. The molecule has 1 aromatic carbocycles. The molecule has 0 radical (unpaired) electrons. The molecule has 4 heteroatoms. The summed E-state index contributed by atoms with van der Waals surface area (Å²) in [6.45, 7) is 3.24. The van der Waals surface area contributed by atoms with Crippen molar-refractivity contribution in [3.05, 3.63) is 23.8 Å². The summed E-state index contributed by atoms with van der Waals surface area (Å²) in [5, 5.41) is 9.55. The molecular weight excluding hydrogens is 194 g/mol. The molecule has 0 fully saturated rings. The third kappa shape index (κ3) is 2.95. The van der Waals surface area contributed by atoms with Gasteiger partial charge in [0.25, 0.3) is 0 Å². The van der Waals surface area contributed by atoms with Gasteiger partial charge in [0.05, 0.1) is 0 Å². The molecule has 1 rings (SSSR count). The van der Waals surface area contributed by atoms with Crippen molar-refractivity contribution in [1.29, 1.82) is 0 Å². The van der Waals surface area contributed by atoms with Gasteiger partial charge in [-0.05, 0) is 24.1 Å². The van der Waals surface area contributed by atoms with Crippen LogP contribution < -0.4 is 10.5 Å². The van der Waals surface area contributed by atoms with Gasteiger partial charge in [0.15, 0.2) is 11.5 Å². The Balaban J connectivity index is 2.92. The van der Waals surface area contributed by atoms with E-state index >= 15 is 0 Å². The quantitative estimate of drug-likeness (QED) is 0.587. The molecule has 1 atom stereocenters. The molecule has 0 saturated heterocycles. The second-order valence-electron chi connectivity index (χ2n) is 3.34. The van der Waals surface area contributed by atoms with Gasteiger partial charge in [0.2, 0.25) is 0 Å². The molecule has 0 heterocycles. The van der Waals surface area contributed by atoms with Crippen LogP contribution in [-0.2, 0) is 4.79 Å². The van der Waals surface area contributed by atoms with Crippen LogP contribution in [0.3, 0.4) is 0 Å². The monoisotopic (exact) mass is 209 g/mol. The maximum Gasteiger partial charge on any atom is 0.308 e. The number of nitrogens with two attached hydrogens (primary N) is 1. The average Bonchev–Trinajstić information content (AvgIpc) is 2.19. The number of carbonyl (C=O) groups excluding carboxylic acids is 1. The molecule has 4 nitrogen and oxygen atoms in total. The Morgan fingerprint density at radius 3 is 2.73 bits per heavy atom.